The van der Waals surface area contributed by atoms with Crippen molar-refractivity contribution < 1.29 is 18.3 Å². The molecule has 1 saturated heterocycles. The van der Waals surface area contributed by atoms with Gasteiger partial charge in [-0.3, -0.25) is 19.1 Å². The number of ether oxygens (including phenoxy) is 1. The van der Waals surface area contributed by atoms with Crippen LogP contribution in [0.1, 0.15) is 50.8 Å². The van der Waals surface area contributed by atoms with E-state index in [4.69, 9.17) is 16.3 Å². The zero-order valence-corrected chi connectivity index (χ0v) is 25.7. The molecule has 0 saturated carbocycles. The largest absolute Gasteiger partial charge is 0.496 e. The summed E-state index contributed by atoms with van der Waals surface area (Å²) in [5, 5.41) is 0.307. The highest BCUT2D eigenvalue weighted by molar-refractivity contribution is 6.35. The van der Waals surface area contributed by atoms with Crippen LogP contribution in [-0.4, -0.2) is 42.2 Å². The first-order valence-corrected chi connectivity index (χ1v) is 14.8. The minimum absolute atomic E-state index is 0.0473. The van der Waals surface area contributed by atoms with Crippen LogP contribution in [0.3, 0.4) is 0 Å². The predicted octanol–water partition coefficient (Wildman–Crippen LogP) is 7.01. The van der Waals surface area contributed by atoms with Crippen LogP contribution in [-0.2, 0) is 4.79 Å². The summed E-state index contributed by atoms with van der Waals surface area (Å²) in [7, 11) is 2.96. The van der Waals surface area contributed by atoms with Gasteiger partial charge in [-0.1, -0.05) is 38.4 Å². The number of piperidine rings is 1. The summed E-state index contributed by atoms with van der Waals surface area (Å²) in [6.07, 6.45) is 3.11. The van der Waals surface area contributed by atoms with E-state index in [2.05, 4.69) is 11.9 Å². The maximum absolute atomic E-state index is 17.4. The first-order chi connectivity index (χ1) is 20.5. The van der Waals surface area contributed by atoms with Crippen molar-refractivity contribution in [3.8, 4) is 22.6 Å². The highest BCUT2D eigenvalue weighted by atomic mass is 35.5. The van der Waals surface area contributed by atoms with Gasteiger partial charge in [0.15, 0.2) is 5.82 Å². The van der Waals surface area contributed by atoms with Gasteiger partial charge in [0.2, 0.25) is 5.91 Å². The third kappa shape index (κ3) is 4.31. The van der Waals surface area contributed by atoms with Crippen LogP contribution in [0.25, 0.3) is 27.7 Å². The first kappa shape index (κ1) is 29.1. The van der Waals surface area contributed by atoms with Gasteiger partial charge in [0.25, 0.3) is 5.56 Å². The fourth-order valence-electron chi connectivity index (χ4n) is 6.67. The number of anilines is 2. The molecule has 2 aliphatic rings. The molecule has 224 valence electrons. The number of carbonyl (C=O) groups excluding carboxylic acids is 1. The number of rotatable bonds is 4. The zero-order valence-electron chi connectivity index (χ0n) is 25.0. The Morgan fingerprint density at radius 1 is 1.07 bits per heavy atom. The molecule has 2 aromatic heterocycles. The van der Waals surface area contributed by atoms with Gasteiger partial charge in [0.1, 0.15) is 23.3 Å². The number of hydrogen-bond acceptors (Lipinski definition) is 5. The molecule has 10 heteroatoms. The van der Waals surface area contributed by atoms with Gasteiger partial charge in [-0.2, -0.15) is 0 Å². The van der Waals surface area contributed by atoms with E-state index < -0.39 is 23.2 Å². The summed E-state index contributed by atoms with van der Waals surface area (Å²) in [5.41, 5.74) is 1.30. The number of likely N-dealkylation sites (N-methyl/N-ethyl adjacent to an activating group) is 1. The molecule has 7 nitrogen and oxygen atoms in total. The lowest BCUT2D eigenvalue weighted by Crippen LogP contribution is -2.57. The standard InChI is InChI=1S/C33H33ClF2N4O3/c1-16(2)27-28(18(4)12-13-37-27)40-29-19(14-20(34)24(26(29)36)25-21(35)8-7-9-23(25)43-6)30-31(33(40)42)38(5)32(41)22-11-10-17(3)15-39(22)30/h7-9,12-14,16-17,22H,10-11,15H2,1-6H3/t17-,22+/m0/s1. The molecule has 2 atom stereocenters. The van der Waals surface area contributed by atoms with Gasteiger partial charge in [0, 0.05) is 30.7 Å². The summed E-state index contributed by atoms with van der Waals surface area (Å²) < 4.78 is 39.5. The molecule has 0 radical (unpaired) electrons. The molecular weight excluding hydrogens is 574 g/mol. The number of nitrogens with zero attached hydrogens (tertiary/aromatic N) is 4. The van der Waals surface area contributed by atoms with Gasteiger partial charge < -0.3 is 14.5 Å². The van der Waals surface area contributed by atoms with Gasteiger partial charge in [-0.25, -0.2) is 8.78 Å². The van der Waals surface area contributed by atoms with Gasteiger partial charge >= 0.3 is 0 Å². The molecule has 0 spiro atoms. The van der Waals surface area contributed by atoms with E-state index >= 15 is 8.78 Å². The van der Waals surface area contributed by atoms with Crippen LogP contribution in [0.5, 0.6) is 5.75 Å². The van der Waals surface area contributed by atoms with Crippen molar-refractivity contribution >= 4 is 39.8 Å². The smallest absolute Gasteiger partial charge is 0.281 e. The average molecular weight is 607 g/mol. The molecule has 0 unspecified atom stereocenters. The van der Waals surface area contributed by atoms with E-state index in [0.29, 0.717) is 41.0 Å². The number of fused-ring (bicyclic) bond motifs is 5. The molecule has 2 aliphatic heterocycles. The number of carbonyl (C=O) groups is 1. The van der Waals surface area contributed by atoms with Crippen molar-refractivity contribution in [3.05, 3.63) is 74.8 Å². The molecule has 1 amide bonds. The van der Waals surface area contributed by atoms with Gasteiger partial charge in [-0.05, 0) is 61.4 Å². The highest BCUT2D eigenvalue weighted by Gasteiger charge is 2.43. The molecule has 2 aromatic carbocycles. The molecular formula is C33H33ClF2N4O3. The summed E-state index contributed by atoms with van der Waals surface area (Å²) in [6.45, 7) is 8.31. The van der Waals surface area contributed by atoms with E-state index in [1.165, 1.54) is 34.8 Å². The number of aromatic nitrogens is 2. The monoisotopic (exact) mass is 606 g/mol. The number of halogens is 3. The van der Waals surface area contributed by atoms with E-state index in [0.717, 1.165) is 6.42 Å². The summed E-state index contributed by atoms with van der Waals surface area (Å²) >= 11 is 6.85. The highest BCUT2D eigenvalue weighted by Crippen LogP contribution is 2.48. The molecule has 0 bridgehead atoms. The van der Waals surface area contributed by atoms with Crippen LogP contribution in [0, 0.1) is 24.5 Å². The Balaban J connectivity index is 1.86. The Hall–Kier alpha value is -3.98. The molecule has 4 aromatic rings. The van der Waals surface area contributed by atoms with Crippen LogP contribution >= 0.6 is 11.6 Å². The number of hydrogen-bond donors (Lipinski definition) is 0. The molecule has 4 heterocycles. The maximum atomic E-state index is 17.4. The zero-order chi connectivity index (χ0) is 30.9. The van der Waals surface area contributed by atoms with Gasteiger partial charge in [-0.15, -0.1) is 0 Å². The summed E-state index contributed by atoms with van der Waals surface area (Å²) in [4.78, 5) is 36.3. The average Bonchev–Trinajstić information content (AvgIpc) is 2.96. The van der Waals surface area contributed by atoms with Gasteiger partial charge in [0.05, 0.1) is 40.3 Å². The number of pyridine rings is 2. The molecule has 1 fully saturated rings. The normalized spacial score (nSPS) is 18.3. The van der Waals surface area contributed by atoms with Crippen LogP contribution < -0.4 is 20.1 Å². The lowest BCUT2D eigenvalue weighted by molar-refractivity contribution is -0.120. The van der Waals surface area contributed by atoms with Crippen molar-refractivity contribution in [2.45, 2.75) is 52.5 Å². The number of aryl methyl sites for hydroxylation is 1. The topological polar surface area (TPSA) is 67.7 Å². The summed E-state index contributed by atoms with van der Waals surface area (Å²) in [5.74, 6) is -1.56. The second-order valence-corrected chi connectivity index (χ2v) is 12.3. The van der Waals surface area contributed by atoms with Crippen LogP contribution in [0.4, 0.5) is 20.2 Å². The lowest BCUT2D eigenvalue weighted by atomic mass is 9.89. The SMILES string of the molecule is COc1cccc(F)c1-c1c(Cl)cc2c3c(c(=O)n(-c4c(C)ccnc4C(C)C)c2c1F)N(C)C(=O)[C@H]1CC[C@H](C)CN31. The lowest BCUT2D eigenvalue weighted by Gasteiger charge is -2.46. The molecule has 0 N–H and O–H groups in total. The Morgan fingerprint density at radius 3 is 2.51 bits per heavy atom. The van der Waals surface area contributed by atoms with Crippen molar-refractivity contribution in [2.24, 2.45) is 5.92 Å². The Bertz CT molecular complexity index is 1870. The van der Waals surface area contributed by atoms with Crippen LogP contribution in [0.2, 0.25) is 5.02 Å². The molecule has 0 aliphatic carbocycles. The second kappa shape index (κ2) is 10.6. The minimum Gasteiger partial charge on any atom is -0.496 e. The summed E-state index contributed by atoms with van der Waals surface area (Å²) in [6, 6.07) is 7.05. The number of benzene rings is 2. The minimum atomic E-state index is -0.870. The fourth-order valence-corrected chi connectivity index (χ4v) is 6.96. The predicted molar refractivity (Wildman–Crippen MR) is 166 cm³/mol. The maximum Gasteiger partial charge on any atom is 0.281 e. The third-order valence-corrected chi connectivity index (χ3v) is 9.03. The van der Waals surface area contributed by atoms with E-state index in [1.54, 1.807) is 25.4 Å². The van der Waals surface area contributed by atoms with E-state index in [-0.39, 0.29) is 50.8 Å². The Labute approximate surface area is 253 Å². The fraction of sp³-hybridized carbons (Fsp3) is 0.364. The van der Waals surface area contributed by atoms with E-state index in [9.17, 15) is 9.59 Å². The van der Waals surface area contributed by atoms with Crippen LogP contribution in [0.15, 0.2) is 41.3 Å². The third-order valence-electron chi connectivity index (χ3n) is 8.73. The Kier molecular flexibility index (Phi) is 7.19. The Morgan fingerprint density at radius 2 is 1.81 bits per heavy atom. The van der Waals surface area contributed by atoms with E-state index in [1.807, 2.05) is 25.7 Å². The number of amides is 1. The second-order valence-electron chi connectivity index (χ2n) is 11.9. The quantitative estimate of drug-likeness (QED) is 0.250. The van der Waals surface area contributed by atoms with Crippen molar-refractivity contribution in [2.75, 3.05) is 30.5 Å². The molecule has 6 rings (SSSR count). The van der Waals surface area contributed by atoms with Crippen molar-refractivity contribution in [1.82, 2.24) is 9.55 Å². The van der Waals surface area contributed by atoms with Crippen molar-refractivity contribution in [1.29, 1.82) is 0 Å². The molecule has 43 heavy (non-hydrogen) atoms. The first-order valence-electron chi connectivity index (χ1n) is 14.4. The number of methoxy groups -OCH3 is 1. The van der Waals surface area contributed by atoms with Crippen molar-refractivity contribution in [3.63, 3.8) is 0 Å².